The van der Waals surface area contributed by atoms with Gasteiger partial charge in [0.05, 0.1) is 11.5 Å². The Kier molecular flexibility index (Phi) is 3.95. The molecule has 3 heteroatoms. The standard InChI is InChI=1S/C16H24N2O/c1-12-7-4-5-8-13(12)14-9-6-10-18(14)15(19)16(2,3)11-17/h4-5,7-8,14H,6,9-11,17H2,1-3H3. The van der Waals surface area contributed by atoms with Crippen LogP contribution in [0, 0.1) is 12.3 Å². The van der Waals surface area contributed by atoms with Gasteiger partial charge in [0.2, 0.25) is 5.91 Å². The molecule has 0 aromatic heterocycles. The fourth-order valence-corrected chi connectivity index (χ4v) is 2.77. The van der Waals surface area contributed by atoms with Gasteiger partial charge in [-0.3, -0.25) is 4.79 Å². The lowest BCUT2D eigenvalue weighted by Gasteiger charge is -2.33. The predicted octanol–water partition coefficient (Wildman–Crippen LogP) is 2.64. The van der Waals surface area contributed by atoms with Crippen molar-refractivity contribution in [2.45, 2.75) is 39.7 Å². The van der Waals surface area contributed by atoms with Gasteiger partial charge in [0.1, 0.15) is 0 Å². The number of rotatable bonds is 3. The molecule has 0 bridgehead atoms. The van der Waals surface area contributed by atoms with Gasteiger partial charge < -0.3 is 10.6 Å². The number of hydrogen-bond donors (Lipinski definition) is 1. The fraction of sp³-hybridized carbons (Fsp3) is 0.562. The zero-order chi connectivity index (χ0) is 14.0. The molecule has 104 valence electrons. The molecule has 0 radical (unpaired) electrons. The van der Waals surface area contributed by atoms with E-state index < -0.39 is 5.41 Å². The number of hydrogen-bond acceptors (Lipinski definition) is 2. The molecule has 1 aliphatic heterocycles. The Balaban J connectivity index is 2.28. The molecule has 2 rings (SSSR count). The summed E-state index contributed by atoms with van der Waals surface area (Å²) >= 11 is 0. The molecular formula is C16H24N2O. The van der Waals surface area contributed by atoms with Crippen LogP contribution < -0.4 is 5.73 Å². The molecule has 1 heterocycles. The van der Waals surface area contributed by atoms with E-state index in [0.29, 0.717) is 6.54 Å². The first kappa shape index (κ1) is 14.1. The number of aryl methyl sites for hydroxylation is 1. The van der Waals surface area contributed by atoms with E-state index in [-0.39, 0.29) is 11.9 Å². The van der Waals surface area contributed by atoms with Crippen molar-refractivity contribution in [1.82, 2.24) is 4.90 Å². The molecule has 0 saturated carbocycles. The molecule has 19 heavy (non-hydrogen) atoms. The molecule has 1 saturated heterocycles. The van der Waals surface area contributed by atoms with Crippen LogP contribution >= 0.6 is 0 Å². The molecule has 0 spiro atoms. The zero-order valence-corrected chi connectivity index (χ0v) is 12.1. The molecule has 1 fully saturated rings. The summed E-state index contributed by atoms with van der Waals surface area (Å²) in [5.74, 6) is 0.181. The van der Waals surface area contributed by atoms with Gasteiger partial charge >= 0.3 is 0 Å². The molecule has 3 nitrogen and oxygen atoms in total. The molecule has 0 aliphatic carbocycles. The maximum absolute atomic E-state index is 12.6. The Hall–Kier alpha value is -1.35. The van der Waals surface area contributed by atoms with E-state index in [0.717, 1.165) is 19.4 Å². The highest BCUT2D eigenvalue weighted by Crippen LogP contribution is 2.36. The molecule has 1 aliphatic rings. The number of amides is 1. The Morgan fingerprint density at radius 2 is 2.11 bits per heavy atom. The Morgan fingerprint density at radius 3 is 2.74 bits per heavy atom. The topological polar surface area (TPSA) is 46.3 Å². The minimum atomic E-state index is -0.467. The second-order valence-electron chi connectivity index (χ2n) is 6.10. The zero-order valence-electron chi connectivity index (χ0n) is 12.1. The fourth-order valence-electron chi connectivity index (χ4n) is 2.77. The smallest absolute Gasteiger partial charge is 0.230 e. The van der Waals surface area contributed by atoms with Crippen molar-refractivity contribution in [3.63, 3.8) is 0 Å². The normalized spacial score (nSPS) is 19.8. The lowest BCUT2D eigenvalue weighted by Crippen LogP contribution is -2.44. The third-order valence-corrected chi connectivity index (χ3v) is 4.15. The summed E-state index contributed by atoms with van der Waals surface area (Å²) in [5, 5.41) is 0. The summed E-state index contributed by atoms with van der Waals surface area (Å²) < 4.78 is 0. The van der Waals surface area contributed by atoms with Crippen molar-refractivity contribution in [3.05, 3.63) is 35.4 Å². The van der Waals surface area contributed by atoms with Crippen LogP contribution in [-0.4, -0.2) is 23.9 Å². The van der Waals surface area contributed by atoms with Gasteiger partial charge in [0, 0.05) is 13.1 Å². The molecule has 1 amide bonds. The van der Waals surface area contributed by atoms with Crippen LogP contribution in [0.25, 0.3) is 0 Å². The average Bonchev–Trinajstić information content (AvgIpc) is 2.87. The van der Waals surface area contributed by atoms with Crippen molar-refractivity contribution >= 4 is 5.91 Å². The summed E-state index contributed by atoms with van der Waals surface area (Å²) in [6, 6.07) is 8.58. The van der Waals surface area contributed by atoms with Crippen molar-refractivity contribution < 1.29 is 4.79 Å². The van der Waals surface area contributed by atoms with E-state index in [1.165, 1.54) is 11.1 Å². The van der Waals surface area contributed by atoms with Crippen LogP contribution in [0.5, 0.6) is 0 Å². The highest BCUT2D eigenvalue weighted by molar-refractivity contribution is 5.83. The SMILES string of the molecule is Cc1ccccc1C1CCCN1C(=O)C(C)(C)CN. The van der Waals surface area contributed by atoms with E-state index in [4.69, 9.17) is 5.73 Å². The lowest BCUT2D eigenvalue weighted by atomic mass is 9.90. The van der Waals surface area contributed by atoms with Gasteiger partial charge in [-0.1, -0.05) is 24.3 Å². The van der Waals surface area contributed by atoms with Crippen LogP contribution in [0.4, 0.5) is 0 Å². The third kappa shape index (κ3) is 2.66. The van der Waals surface area contributed by atoms with Gasteiger partial charge in [-0.05, 0) is 44.7 Å². The molecule has 1 aromatic carbocycles. The van der Waals surface area contributed by atoms with Crippen LogP contribution in [0.15, 0.2) is 24.3 Å². The Labute approximate surface area is 115 Å². The lowest BCUT2D eigenvalue weighted by molar-refractivity contribution is -0.140. The summed E-state index contributed by atoms with van der Waals surface area (Å²) in [6.45, 7) is 7.22. The molecular weight excluding hydrogens is 236 g/mol. The summed E-state index contributed by atoms with van der Waals surface area (Å²) in [4.78, 5) is 14.7. The first-order chi connectivity index (χ1) is 8.97. The first-order valence-corrected chi connectivity index (χ1v) is 7.04. The van der Waals surface area contributed by atoms with Crippen LogP contribution in [-0.2, 0) is 4.79 Å². The molecule has 2 N–H and O–H groups in total. The predicted molar refractivity (Wildman–Crippen MR) is 77.7 cm³/mol. The van der Waals surface area contributed by atoms with E-state index in [1.54, 1.807) is 0 Å². The second kappa shape index (κ2) is 5.33. The van der Waals surface area contributed by atoms with Gasteiger partial charge in [-0.25, -0.2) is 0 Å². The summed E-state index contributed by atoms with van der Waals surface area (Å²) in [7, 11) is 0. The maximum atomic E-state index is 12.6. The maximum Gasteiger partial charge on any atom is 0.230 e. The second-order valence-corrected chi connectivity index (χ2v) is 6.10. The average molecular weight is 260 g/mol. The van der Waals surface area contributed by atoms with Crippen molar-refractivity contribution in [2.75, 3.05) is 13.1 Å². The minimum Gasteiger partial charge on any atom is -0.335 e. The number of likely N-dealkylation sites (tertiary alicyclic amines) is 1. The van der Waals surface area contributed by atoms with Crippen molar-refractivity contribution in [3.8, 4) is 0 Å². The number of carbonyl (C=O) groups is 1. The first-order valence-electron chi connectivity index (χ1n) is 7.04. The summed E-state index contributed by atoms with van der Waals surface area (Å²) in [6.07, 6.45) is 2.13. The van der Waals surface area contributed by atoms with Crippen molar-refractivity contribution in [1.29, 1.82) is 0 Å². The highest BCUT2D eigenvalue weighted by Gasteiger charge is 2.37. The third-order valence-electron chi connectivity index (χ3n) is 4.15. The van der Waals surface area contributed by atoms with E-state index in [9.17, 15) is 4.79 Å². The number of nitrogens with zero attached hydrogens (tertiary/aromatic N) is 1. The highest BCUT2D eigenvalue weighted by atomic mass is 16.2. The number of nitrogens with two attached hydrogens (primary N) is 1. The Bertz CT molecular complexity index is 468. The van der Waals surface area contributed by atoms with Crippen molar-refractivity contribution in [2.24, 2.45) is 11.1 Å². The van der Waals surface area contributed by atoms with E-state index in [1.807, 2.05) is 24.8 Å². The molecule has 1 atom stereocenters. The van der Waals surface area contributed by atoms with Gasteiger partial charge in [-0.15, -0.1) is 0 Å². The summed E-state index contributed by atoms with van der Waals surface area (Å²) in [5.41, 5.74) is 7.82. The Morgan fingerprint density at radius 1 is 1.42 bits per heavy atom. The van der Waals surface area contributed by atoms with E-state index in [2.05, 4.69) is 25.1 Å². The quantitative estimate of drug-likeness (QED) is 0.908. The van der Waals surface area contributed by atoms with Gasteiger partial charge in [0.25, 0.3) is 0 Å². The number of benzene rings is 1. The minimum absolute atomic E-state index is 0.181. The van der Waals surface area contributed by atoms with Crippen LogP contribution in [0.3, 0.4) is 0 Å². The van der Waals surface area contributed by atoms with Crippen LogP contribution in [0.1, 0.15) is 43.9 Å². The van der Waals surface area contributed by atoms with Gasteiger partial charge in [0.15, 0.2) is 0 Å². The molecule has 1 aromatic rings. The largest absolute Gasteiger partial charge is 0.335 e. The number of carbonyl (C=O) groups excluding carboxylic acids is 1. The molecule has 1 unspecified atom stereocenters. The van der Waals surface area contributed by atoms with Gasteiger partial charge in [-0.2, -0.15) is 0 Å². The van der Waals surface area contributed by atoms with E-state index >= 15 is 0 Å². The monoisotopic (exact) mass is 260 g/mol. The van der Waals surface area contributed by atoms with Crippen LogP contribution in [0.2, 0.25) is 0 Å².